The van der Waals surface area contributed by atoms with E-state index in [1.807, 2.05) is 6.07 Å². The molecule has 4 rings (SSSR count). The van der Waals surface area contributed by atoms with E-state index in [1.165, 1.54) is 5.56 Å². The van der Waals surface area contributed by atoms with Gasteiger partial charge in [0, 0.05) is 31.8 Å². The topological polar surface area (TPSA) is 71.5 Å². The van der Waals surface area contributed by atoms with Gasteiger partial charge in [-0.05, 0) is 30.4 Å². The van der Waals surface area contributed by atoms with Gasteiger partial charge >= 0.3 is 0 Å². The lowest BCUT2D eigenvalue weighted by Gasteiger charge is -2.28. The van der Waals surface area contributed by atoms with Gasteiger partial charge in [0.05, 0.1) is 14.2 Å². The van der Waals surface area contributed by atoms with Crippen LogP contribution in [0.5, 0.6) is 11.5 Å². The largest absolute Gasteiger partial charge is 0.493 e. The van der Waals surface area contributed by atoms with Gasteiger partial charge in [-0.15, -0.1) is 0 Å². The number of fused-ring (bicyclic) bond motifs is 1. The molecule has 0 spiro atoms. The van der Waals surface area contributed by atoms with Crippen molar-refractivity contribution in [1.29, 1.82) is 5.26 Å². The Kier molecular flexibility index (Phi) is 6.01. The molecule has 0 aliphatic carbocycles. The summed E-state index contributed by atoms with van der Waals surface area (Å²) in [5, 5.41) is 9.81. The Labute approximate surface area is 176 Å². The summed E-state index contributed by atoms with van der Waals surface area (Å²) in [4.78, 5) is 6.99. The number of methoxy groups -OCH3 is 2. The van der Waals surface area contributed by atoms with E-state index in [0.717, 1.165) is 44.5 Å². The number of hydrogen-bond donors (Lipinski definition) is 0. The second-order valence-corrected chi connectivity index (χ2v) is 7.36. The number of aromatic nitrogens is 1. The number of benzene rings is 2. The molecule has 1 aliphatic heterocycles. The van der Waals surface area contributed by atoms with E-state index >= 15 is 0 Å². The third kappa shape index (κ3) is 4.17. The average Bonchev–Trinajstić information content (AvgIpc) is 3.21. The van der Waals surface area contributed by atoms with Crippen molar-refractivity contribution in [2.75, 3.05) is 33.9 Å². The fourth-order valence-electron chi connectivity index (χ4n) is 3.87. The molecule has 30 heavy (non-hydrogen) atoms. The highest BCUT2D eigenvalue weighted by Gasteiger charge is 2.21. The van der Waals surface area contributed by atoms with Crippen LogP contribution < -0.4 is 9.47 Å². The fraction of sp³-hybridized carbons (Fsp3) is 0.333. The molecule has 0 radical (unpaired) electrons. The SMILES string of the molecule is COc1cc2nc(C(C#N)=C3CCN(CCc4ccccc4)CC3)oc2cc1OC. The van der Waals surface area contributed by atoms with E-state index in [2.05, 4.69) is 40.2 Å². The summed E-state index contributed by atoms with van der Waals surface area (Å²) >= 11 is 0. The zero-order valence-corrected chi connectivity index (χ0v) is 17.4. The van der Waals surface area contributed by atoms with Crippen molar-refractivity contribution < 1.29 is 13.9 Å². The van der Waals surface area contributed by atoms with E-state index in [1.54, 1.807) is 26.4 Å². The van der Waals surface area contributed by atoms with Crippen molar-refractivity contribution in [3.05, 3.63) is 59.5 Å². The van der Waals surface area contributed by atoms with Gasteiger partial charge in [0.15, 0.2) is 17.1 Å². The Morgan fingerprint density at radius 3 is 2.47 bits per heavy atom. The van der Waals surface area contributed by atoms with E-state index in [4.69, 9.17) is 13.9 Å². The Morgan fingerprint density at radius 1 is 1.10 bits per heavy atom. The van der Waals surface area contributed by atoms with Crippen LogP contribution in [0.15, 0.2) is 52.5 Å². The summed E-state index contributed by atoms with van der Waals surface area (Å²) in [5.74, 6) is 1.53. The molecule has 6 nitrogen and oxygen atoms in total. The van der Waals surface area contributed by atoms with Gasteiger partial charge in [-0.25, -0.2) is 4.98 Å². The fourth-order valence-corrected chi connectivity index (χ4v) is 3.87. The molecule has 3 aromatic rings. The molecule has 0 atom stereocenters. The Hall–Kier alpha value is -3.30. The van der Waals surface area contributed by atoms with Crippen LogP contribution in [0.3, 0.4) is 0 Å². The van der Waals surface area contributed by atoms with Crippen LogP contribution in [0, 0.1) is 11.3 Å². The zero-order chi connectivity index (χ0) is 20.9. The molecular weight excluding hydrogens is 378 g/mol. The molecular formula is C24H25N3O3. The van der Waals surface area contributed by atoms with Crippen LogP contribution in [0.4, 0.5) is 0 Å². The van der Waals surface area contributed by atoms with Crippen LogP contribution in [0.2, 0.25) is 0 Å². The molecule has 0 saturated carbocycles. The van der Waals surface area contributed by atoms with Crippen molar-refractivity contribution >= 4 is 16.7 Å². The predicted octanol–water partition coefficient (Wildman–Crippen LogP) is 4.46. The first kappa shape index (κ1) is 20.0. The maximum Gasteiger partial charge on any atom is 0.238 e. The predicted molar refractivity (Wildman–Crippen MR) is 115 cm³/mol. The first-order valence-electron chi connectivity index (χ1n) is 10.1. The third-order valence-electron chi connectivity index (χ3n) is 5.59. The van der Waals surface area contributed by atoms with Gasteiger partial charge in [0.25, 0.3) is 0 Å². The lowest BCUT2D eigenvalue weighted by molar-refractivity contribution is 0.260. The zero-order valence-electron chi connectivity index (χ0n) is 17.4. The maximum atomic E-state index is 9.81. The summed E-state index contributed by atoms with van der Waals surface area (Å²) in [6.45, 7) is 2.91. The Balaban J connectivity index is 1.49. The first-order chi connectivity index (χ1) is 14.7. The molecule has 0 amide bonds. The number of allylic oxidation sites excluding steroid dienone is 1. The minimum atomic E-state index is 0.371. The summed E-state index contributed by atoms with van der Waals surface area (Å²) < 4.78 is 16.6. The smallest absolute Gasteiger partial charge is 0.238 e. The number of rotatable bonds is 6. The number of likely N-dealkylation sites (tertiary alicyclic amines) is 1. The van der Waals surface area contributed by atoms with E-state index in [-0.39, 0.29) is 0 Å². The van der Waals surface area contributed by atoms with Gasteiger partial charge in [0.2, 0.25) is 5.89 Å². The lowest BCUT2D eigenvalue weighted by Crippen LogP contribution is -2.32. The van der Waals surface area contributed by atoms with Crippen molar-refractivity contribution in [3.63, 3.8) is 0 Å². The highest BCUT2D eigenvalue weighted by Crippen LogP contribution is 2.34. The maximum absolute atomic E-state index is 9.81. The monoisotopic (exact) mass is 403 g/mol. The number of nitriles is 1. The molecule has 0 N–H and O–H groups in total. The molecule has 2 aromatic carbocycles. The number of ether oxygens (including phenoxy) is 2. The second kappa shape index (κ2) is 9.02. The lowest BCUT2D eigenvalue weighted by atomic mass is 9.98. The Bertz CT molecular complexity index is 1050. The third-order valence-corrected chi connectivity index (χ3v) is 5.59. The van der Waals surface area contributed by atoms with Gasteiger partial charge in [-0.3, -0.25) is 0 Å². The molecule has 154 valence electrons. The number of hydrogen-bond acceptors (Lipinski definition) is 6. The van der Waals surface area contributed by atoms with Gasteiger partial charge in [-0.1, -0.05) is 30.3 Å². The van der Waals surface area contributed by atoms with Gasteiger partial charge < -0.3 is 18.8 Å². The van der Waals surface area contributed by atoms with Crippen LogP contribution >= 0.6 is 0 Å². The molecule has 0 bridgehead atoms. The molecule has 1 saturated heterocycles. The molecule has 2 heterocycles. The van der Waals surface area contributed by atoms with Crippen molar-refractivity contribution in [3.8, 4) is 17.6 Å². The van der Waals surface area contributed by atoms with Crippen molar-refractivity contribution in [2.45, 2.75) is 19.3 Å². The van der Waals surface area contributed by atoms with Crippen LogP contribution in [-0.2, 0) is 6.42 Å². The number of piperidine rings is 1. The van der Waals surface area contributed by atoms with Crippen molar-refractivity contribution in [2.24, 2.45) is 0 Å². The summed E-state index contributed by atoms with van der Waals surface area (Å²) in [5.41, 5.74) is 4.24. The minimum Gasteiger partial charge on any atom is -0.493 e. The summed E-state index contributed by atoms with van der Waals surface area (Å²) in [7, 11) is 3.16. The van der Waals surface area contributed by atoms with E-state index in [0.29, 0.717) is 34.1 Å². The summed E-state index contributed by atoms with van der Waals surface area (Å²) in [6, 6.07) is 16.4. The van der Waals surface area contributed by atoms with E-state index in [9.17, 15) is 5.26 Å². The average molecular weight is 403 g/mol. The first-order valence-corrected chi connectivity index (χ1v) is 10.1. The minimum absolute atomic E-state index is 0.371. The highest BCUT2D eigenvalue weighted by molar-refractivity contribution is 5.83. The molecule has 1 aliphatic rings. The van der Waals surface area contributed by atoms with E-state index < -0.39 is 0 Å². The highest BCUT2D eigenvalue weighted by atomic mass is 16.5. The van der Waals surface area contributed by atoms with Gasteiger partial charge in [-0.2, -0.15) is 5.26 Å². The van der Waals surface area contributed by atoms with Crippen molar-refractivity contribution in [1.82, 2.24) is 9.88 Å². The second-order valence-electron chi connectivity index (χ2n) is 7.36. The summed E-state index contributed by atoms with van der Waals surface area (Å²) in [6.07, 6.45) is 2.74. The quantitative estimate of drug-likeness (QED) is 0.566. The number of nitrogens with zero attached hydrogens (tertiary/aromatic N) is 3. The van der Waals surface area contributed by atoms with Crippen LogP contribution in [0.1, 0.15) is 24.3 Å². The van der Waals surface area contributed by atoms with Crippen LogP contribution in [0.25, 0.3) is 16.7 Å². The Morgan fingerprint density at radius 2 is 1.80 bits per heavy atom. The number of oxazole rings is 1. The molecule has 1 fully saturated rings. The van der Waals surface area contributed by atoms with Gasteiger partial charge in [0.1, 0.15) is 17.2 Å². The molecule has 0 unspecified atom stereocenters. The normalized spacial score (nSPS) is 14.5. The molecule has 6 heteroatoms. The standard InChI is InChI=1S/C24H25N3O3/c1-28-22-14-20-21(15-23(22)29-2)30-24(26-20)19(16-25)18-9-12-27(13-10-18)11-8-17-6-4-3-5-7-17/h3-7,14-15H,8-13H2,1-2H3. The molecule has 1 aromatic heterocycles. The van der Waals surface area contributed by atoms with Crippen LogP contribution in [-0.4, -0.2) is 43.7 Å².